The Morgan fingerprint density at radius 1 is 0.933 bits per heavy atom. The predicted molar refractivity (Wildman–Crippen MR) is 122 cm³/mol. The first kappa shape index (κ1) is 19.9. The van der Waals surface area contributed by atoms with Crippen LogP contribution in [0.2, 0.25) is 0 Å². The zero-order valence-electron chi connectivity index (χ0n) is 17.6. The monoisotopic (exact) mass is 397 g/mol. The highest BCUT2D eigenvalue weighted by atomic mass is 16.1. The lowest BCUT2D eigenvalue weighted by Gasteiger charge is -2.12. The molecule has 1 heterocycles. The second kappa shape index (κ2) is 8.95. The summed E-state index contributed by atoms with van der Waals surface area (Å²) in [6.07, 6.45) is 1.66. The van der Waals surface area contributed by atoms with Gasteiger partial charge >= 0.3 is 0 Å². The van der Waals surface area contributed by atoms with Gasteiger partial charge in [-0.05, 0) is 55.7 Å². The van der Waals surface area contributed by atoms with E-state index in [-0.39, 0.29) is 5.91 Å². The van der Waals surface area contributed by atoms with Crippen LogP contribution >= 0.6 is 0 Å². The molecule has 0 fully saturated rings. The molecule has 1 N–H and O–H groups in total. The average molecular weight is 398 g/mol. The number of hydrogen-bond donors (Lipinski definition) is 1. The van der Waals surface area contributed by atoms with Gasteiger partial charge in [0.05, 0.1) is 11.0 Å². The van der Waals surface area contributed by atoms with Crippen LogP contribution in [0.3, 0.4) is 0 Å². The number of carbonyl (C=O) groups excluding carboxylic acids is 1. The minimum Gasteiger partial charge on any atom is -0.352 e. The van der Waals surface area contributed by atoms with Crippen LogP contribution in [0.1, 0.15) is 39.3 Å². The highest BCUT2D eigenvalue weighted by Gasteiger charge is 2.12. The summed E-state index contributed by atoms with van der Waals surface area (Å²) in [6.45, 7) is 5.60. The van der Waals surface area contributed by atoms with Gasteiger partial charge in [-0.2, -0.15) is 0 Å². The number of aromatic nitrogens is 2. The van der Waals surface area contributed by atoms with Crippen LogP contribution < -0.4 is 5.32 Å². The van der Waals surface area contributed by atoms with Gasteiger partial charge in [-0.15, -0.1) is 0 Å². The second-order valence-electron chi connectivity index (χ2n) is 7.75. The molecule has 3 aromatic carbocycles. The smallest absolute Gasteiger partial charge is 0.251 e. The summed E-state index contributed by atoms with van der Waals surface area (Å²) in [5.74, 6) is 1.03. The molecule has 0 aliphatic rings. The van der Waals surface area contributed by atoms with E-state index < -0.39 is 0 Å². The molecule has 30 heavy (non-hydrogen) atoms. The fourth-order valence-corrected chi connectivity index (χ4v) is 3.71. The number of aryl methyl sites for hydroxylation is 3. The number of benzene rings is 3. The van der Waals surface area contributed by atoms with E-state index in [1.54, 1.807) is 0 Å². The normalized spacial score (nSPS) is 11.0. The quantitative estimate of drug-likeness (QED) is 0.443. The number of carbonyl (C=O) groups is 1. The third-order valence-electron chi connectivity index (χ3n) is 5.50. The fourth-order valence-electron chi connectivity index (χ4n) is 3.71. The Bertz CT molecular complexity index is 1160. The van der Waals surface area contributed by atoms with Crippen LogP contribution in [-0.2, 0) is 13.0 Å². The van der Waals surface area contributed by atoms with Gasteiger partial charge in [-0.25, -0.2) is 4.98 Å². The van der Waals surface area contributed by atoms with Gasteiger partial charge in [-0.3, -0.25) is 4.79 Å². The Morgan fingerprint density at radius 2 is 1.67 bits per heavy atom. The van der Waals surface area contributed by atoms with Crippen LogP contribution in [0.15, 0.2) is 72.8 Å². The number of hydrogen-bond acceptors (Lipinski definition) is 2. The SMILES string of the molecule is Cc1ccc(C(=O)NCCCc2nc3ccccc3n2Cc2ccccc2C)cc1. The van der Waals surface area contributed by atoms with Gasteiger partial charge in [-0.1, -0.05) is 54.1 Å². The highest BCUT2D eigenvalue weighted by molar-refractivity contribution is 5.94. The molecule has 0 bridgehead atoms. The number of rotatable bonds is 7. The summed E-state index contributed by atoms with van der Waals surface area (Å²) in [5, 5.41) is 3.02. The van der Waals surface area contributed by atoms with E-state index in [4.69, 9.17) is 4.98 Å². The van der Waals surface area contributed by atoms with Gasteiger partial charge in [0, 0.05) is 25.1 Å². The predicted octanol–water partition coefficient (Wildman–Crippen LogP) is 5.06. The fraction of sp³-hybridized carbons (Fsp3) is 0.231. The van der Waals surface area contributed by atoms with E-state index in [1.165, 1.54) is 11.1 Å². The lowest BCUT2D eigenvalue weighted by molar-refractivity contribution is 0.0953. The molecule has 1 amide bonds. The zero-order chi connectivity index (χ0) is 20.9. The molecule has 0 radical (unpaired) electrons. The second-order valence-corrected chi connectivity index (χ2v) is 7.75. The number of nitrogens with one attached hydrogen (secondary N) is 1. The molecule has 1 aromatic heterocycles. The minimum absolute atomic E-state index is 0.0246. The van der Waals surface area contributed by atoms with Gasteiger partial charge in [0.15, 0.2) is 0 Å². The summed E-state index contributed by atoms with van der Waals surface area (Å²) < 4.78 is 2.31. The van der Waals surface area contributed by atoms with Gasteiger partial charge < -0.3 is 9.88 Å². The molecule has 4 nitrogen and oxygen atoms in total. The maximum Gasteiger partial charge on any atom is 0.251 e. The van der Waals surface area contributed by atoms with Gasteiger partial charge in [0.2, 0.25) is 0 Å². The van der Waals surface area contributed by atoms with E-state index in [9.17, 15) is 4.79 Å². The first-order valence-electron chi connectivity index (χ1n) is 10.5. The van der Waals surface area contributed by atoms with Crippen LogP contribution in [0.5, 0.6) is 0 Å². The third kappa shape index (κ3) is 4.43. The van der Waals surface area contributed by atoms with Crippen LogP contribution in [-0.4, -0.2) is 22.0 Å². The molecule has 4 heteroatoms. The molecule has 0 atom stereocenters. The van der Waals surface area contributed by atoms with Crippen molar-refractivity contribution in [3.63, 3.8) is 0 Å². The Hall–Kier alpha value is -3.40. The number of amides is 1. The molecule has 0 saturated carbocycles. The van der Waals surface area contributed by atoms with Crippen molar-refractivity contribution in [1.29, 1.82) is 0 Å². The number of nitrogens with zero attached hydrogens (tertiary/aromatic N) is 2. The third-order valence-corrected chi connectivity index (χ3v) is 5.50. The molecule has 4 aromatic rings. The molecule has 0 aliphatic heterocycles. The van der Waals surface area contributed by atoms with Gasteiger partial charge in [0.1, 0.15) is 5.82 Å². The molecule has 0 saturated heterocycles. The van der Waals surface area contributed by atoms with Crippen molar-refractivity contribution < 1.29 is 4.79 Å². The van der Waals surface area contributed by atoms with Crippen molar-refractivity contribution in [2.45, 2.75) is 33.2 Å². The summed E-state index contributed by atoms with van der Waals surface area (Å²) in [7, 11) is 0. The lowest BCUT2D eigenvalue weighted by Crippen LogP contribution is -2.25. The van der Waals surface area contributed by atoms with Crippen LogP contribution in [0.4, 0.5) is 0 Å². The van der Waals surface area contributed by atoms with Gasteiger partial charge in [0.25, 0.3) is 5.91 Å². The van der Waals surface area contributed by atoms with Crippen molar-refractivity contribution in [2.75, 3.05) is 6.54 Å². The summed E-state index contributed by atoms with van der Waals surface area (Å²) >= 11 is 0. The molecule has 152 valence electrons. The Labute approximate surface area is 177 Å². The Balaban J connectivity index is 1.45. The van der Waals surface area contributed by atoms with Crippen molar-refractivity contribution in [3.05, 3.63) is 101 Å². The Morgan fingerprint density at radius 3 is 2.47 bits per heavy atom. The summed E-state index contributed by atoms with van der Waals surface area (Å²) in [6, 6.07) is 24.4. The van der Waals surface area contributed by atoms with Crippen molar-refractivity contribution in [3.8, 4) is 0 Å². The minimum atomic E-state index is -0.0246. The highest BCUT2D eigenvalue weighted by Crippen LogP contribution is 2.20. The molecular formula is C26H27N3O. The largest absolute Gasteiger partial charge is 0.352 e. The number of fused-ring (bicyclic) bond motifs is 1. The summed E-state index contributed by atoms with van der Waals surface area (Å²) in [4.78, 5) is 17.2. The number of imidazole rings is 1. The van der Waals surface area contributed by atoms with Crippen molar-refractivity contribution >= 4 is 16.9 Å². The molecule has 0 spiro atoms. The molecular weight excluding hydrogens is 370 g/mol. The molecule has 0 aliphatic carbocycles. The average Bonchev–Trinajstić information content (AvgIpc) is 3.10. The van der Waals surface area contributed by atoms with Crippen molar-refractivity contribution in [1.82, 2.24) is 14.9 Å². The standard InChI is InChI=1S/C26H27N3O/c1-19-13-15-21(16-14-19)26(30)27-17-7-12-25-28-23-10-5-6-11-24(23)29(25)18-22-9-4-3-8-20(22)2/h3-6,8-11,13-16H,7,12,17-18H2,1-2H3,(H,27,30). The van der Waals surface area contributed by atoms with E-state index in [0.29, 0.717) is 12.1 Å². The summed E-state index contributed by atoms with van der Waals surface area (Å²) in [5.41, 5.74) is 6.61. The van der Waals surface area contributed by atoms with E-state index in [1.807, 2.05) is 37.3 Å². The van der Waals surface area contributed by atoms with E-state index in [2.05, 4.69) is 59.3 Å². The van der Waals surface area contributed by atoms with E-state index in [0.717, 1.165) is 41.8 Å². The topological polar surface area (TPSA) is 46.9 Å². The molecule has 4 rings (SSSR count). The maximum atomic E-state index is 12.3. The van der Waals surface area contributed by atoms with Crippen LogP contribution in [0, 0.1) is 13.8 Å². The molecule has 0 unspecified atom stereocenters. The zero-order valence-corrected chi connectivity index (χ0v) is 17.6. The number of para-hydroxylation sites is 2. The first-order valence-corrected chi connectivity index (χ1v) is 10.5. The first-order chi connectivity index (χ1) is 14.6. The van der Waals surface area contributed by atoms with Crippen molar-refractivity contribution in [2.24, 2.45) is 0 Å². The Kier molecular flexibility index (Phi) is 5.94. The van der Waals surface area contributed by atoms with E-state index >= 15 is 0 Å². The van der Waals surface area contributed by atoms with Crippen LogP contribution in [0.25, 0.3) is 11.0 Å². The maximum absolute atomic E-state index is 12.3. The lowest BCUT2D eigenvalue weighted by atomic mass is 10.1.